The second kappa shape index (κ2) is 8.33. The summed E-state index contributed by atoms with van der Waals surface area (Å²) in [4.78, 5) is 23.3. The smallest absolute Gasteiger partial charge is 0.270 e. The number of nitrogens with zero attached hydrogens (tertiary/aromatic N) is 5. The molecule has 4 aromatic rings. The second-order valence-electron chi connectivity index (χ2n) is 7.69. The third kappa shape index (κ3) is 3.77. The predicted molar refractivity (Wildman–Crippen MR) is 115 cm³/mol. The molecule has 0 spiro atoms. The van der Waals surface area contributed by atoms with Gasteiger partial charge in [-0.3, -0.25) is 14.7 Å². The van der Waals surface area contributed by atoms with Crippen molar-refractivity contribution in [2.75, 3.05) is 11.4 Å². The van der Waals surface area contributed by atoms with E-state index in [1.807, 2.05) is 0 Å². The minimum atomic E-state index is -0.326. The summed E-state index contributed by atoms with van der Waals surface area (Å²) in [5, 5.41) is 19.5. The molecule has 1 aliphatic rings. The van der Waals surface area contributed by atoms with Crippen LogP contribution in [0.3, 0.4) is 0 Å². The lowest BCUT2D eigenvalue weighted by Crippen LogP contribution is -2.31. The number of rotatable bonds is 4. The molecule has 3 aromatic heterocycles. The predicted octanol–water partition coefficient (Wildman–Crippen LogP) is 4.02. The van der Waals surface area contributed by atoms with Crippen molar-refractivity contribution in [3.8, 4) is 17.3 Å². The number of carbonyl (C=O) groups excluding carboxylic acids is 1. The Bertz CT molecular complexity index is 1290. The molecule has 1 aromatic carbocycles. The molecule has 8 nitrogen and oxygen atoms in total. The fourth-order valence-corrected chi connectivity index (χ4v) is 3.86. The molecular weight excluding hydrogens is 413 g/mol. The number of halogens is 1. The van der Waals surface area contributed by atoms with Gasteiger partial charge in [0.05, 0.1) is 6.42 Å². The highest BCUT2D eigenvalue weighted by Gasteiger charge is 2.26. The number of fused-ring (bicyclic) bond motifs is 1. The Hall–Kier alpha value is -3.88. The van der Waals surface area contributed by atoms with E-state index >= 15 is 0 Å². The van der Waals surface area contributed by atoms with Crippen LogP contribution in [0.25, 0.3) is 22.5 Å². The zero-order valence-electron chi connectivity index (χ0n) is 17.2. The molecule has 0 radical (unpaired) electrons. The maximum absolute atomic E-state index is 13.1. The normalized spacial score (nSPS) is 14.7. The van der Waals surface area contributed by atoms with Crippen molar-refractivity contribution in [2.45, 2.75) is 32.1 Å². The van der Waals surface area contributed by atoms with E-state index in [-0.39, 0.29) is 29.1 Å². The Balaban J connectivity index is 1.57. The maximum Gasteiger partial charge on any atom is 0.270 e. The van der Waals surface area contributed by atoms with Crippen molar-refractivity contribution in [3.63, 3.8) is 0 Å². The summed E-state index contributed by atoms with van der Waals surface area (Å²) in [7, 11) is 0. The van der Waals surface area contributed by atoms with E-state index in [2.05, 4.69) is 20.2 Å². The van der Waals surface area contributed by atoms with Gasteiger partial charge >= 0.3 is 0 Å². The van der Waals surface area contributed by atoms with Gasteiger partial charge in [-0.15, -0.1) is 10.2 Å². The first-order chi connectivity index (χ1) is 15.6. The van der Waals surface area contributed by atoms with Crippen LogP contribution in [0, 0.1) is 5.82 Å². The molecule has 0 aliphatic carbocycles. The first-order valence-corrected chi connectivity index (χ1v) is 10.5. The Morgan fingerprint density at radius 1 is 1.09 bits per heavy atom. The van der Waals surface area contributed by atoms with Gasteiger partial charge in [0.15, 0.2) is 11.4 Å². The van der Waals surface area contributed by atoms with Crippen LogP contribution in [0.2, 0.25) is 0 Å². The molecule has 9 heteroatoms. The molecule has 1 amide bonds. The van der Waals surface area contributed by atoms with Crippen LogP contribution in [-0.4, -0.2) is 37.7 Å². The Kier molecular flexibility index (Phi) is 5.22. The van der Waals surface area contributed by atoms with Crippen LogP contribution in [0.1, 0.15) is 37.1 Å². The minimum absolute atomic E-state index is 0.0145. The number of carbonyl (C=O) groups is 1. The van der Waals surface area contributed by atoms with Gasteiger partial charge in [0.25, 0.3) is 5.89 Å². The molecule has 5 rings (SSSR count). The average Bonchev–Trinajstić information content (AvgIpc) is 3.16. The van der Waals surface area contributed by atoms with E-state index < -0.39 is 0 Å². The van der Waals surface area contributed by atoms with Crippen molar-refractivity contribution in [1.82, 2.24) is 20.2 Å². The highest BCUT2D eigenvalue weighted by molar-refractivity contribution is 6.04. The third-order valence-electron chi connectivity index (χ3n) is 5.48. The summed E-state index contributed by atoms with van der Waals surface area (Å²) in [6, 6.07) is 9.51. The number of aromatic nitrogens is 4. The SMILES string of the molecule is O=C1CCCCCN1c1nc(-c2nnc(Cc3ccc(F)cc3)o2)c(O)c2ncccc12. The quantitative estimate of drug-likeness (QED) is 0.518. The average molecular weight is 433 g/mol. The molecule has 0 unspecified atom stereocenters. The lowest BCUT2D eigenvalue weighted by molar-refractivity contribution is -0.118. The Morgan fingerprint density at radius 3 is 2.78 bits per heavy atom. The van der Waals surface area contributed by atoms with Crippen LogP contribution in [0.15, 0.2) is 47.0 Å². The molecule has 0 saturated carbocycles. The van der Waals surface area contributed by atoms with E-state index in [0.29, 0.717) is 42.0 Å². The van der Waals surface area contributed by atoms with Crippen molar-refractivity contribution in [1.29, 1.82) is 0 Å². The standard InChI is InChI=1S/C23H20FN5O3/c24-15-9-7-14(8-10-15)13-17-27-28-23(32-17)20-21(31)19-16(5-4-11-25-19)22(26-20)29-12-3-1-2-6-18(29)30/h4-5,7-11,31H,1-3,6,12-13H2. The number of pyridine rings is 2. The van der Waals surface area contributed by atoms with Crippen LogP contribution < -0.4 is 4.90 Å². The van der Waals surface area contributed by atoms with Gasteiger partial charge in [0.1, 0.15) is 17.2 Å². The van der Waals surface area contributed by atoms with Gasteiger partial charge in [-0.25, -0.2) is 9.37 Å². The fourth-order valence-electron chi connectivity index (χ4n) is 3.86. The largest absolute Gasteiger partial charge is 0.504 e. The summed E-state index contributed by atoms with van der Waals surface area (Å²) in [5.41, 5.74) is 1.18. The molecule has 1 saturated heterocycles. The summed E-state index contributed by atoms with van der Waals surface area (Å²) in [6.07, 6.45) is 4.99. The van der Waals surface area contributed by atoms with Crippen LogP contribution in [-0.2, 0) is 11.2 Å². The molecule has 1 fully saturated rings. The maximum atomic E-state index is 13.1. The highest BCUT2D eigenvalue weighted by Crippen LogP contribution is 2.38. The third-order valence-corrected chi connectivity index (χ3v) is 5.48. The summed E-state index contributed by atoms with van der Waals surface area (Å²) < 4.78 is 18.9. The lowest BCUT2D eigenvalue weighted by Gasteiger charge is -2.22. The van der Waals surface area contributed by atoms with Gasteiger partial charge in [-0.05, 0) is 42.7 Å². The molecule has 4 heterocycles. The van der Waals surface area contributed by atoms with E-state index in [1.54, 1.807) is 35.4 Å². The van der Waals surface area contributed by atoms with Gasteiger partial charge in [0, 0.05) is 24.5 Å². The summed E-state index contributed by atoms with van der Waals surface area (Å²) >= 11 is 0. The van der Waals surface area contributed by atoms with Gasteiger partial charge in [-0.1, -0.05) is 18.6 Å². The van der Waals surface area contributed by atoms with Gasteiger partial charge in [0.2, 0.25) is 11.8 Å². The fraction of sp³-hybridized carbons (Fsp3) is 0.261. The number of amides is 1. The van der Waals surface area contributed by atoms with E-state index in [9.17, 15) is 14.3 Å². The summed E-state index contributed by atoms with van der Waals surface area (Å²) in [5.74, 6) is 0.208. The minimum Gasteiger partial charge on any atom is -0.504 e. The van der Waals surface area contributed by atoms with Crippen molar-refractivity contribution < 1.29 is 18.7 Å². The molecule has 0 atom stereocenters. The lowest BCUT2D eigenvalue weighted by atomic mass is 10.1. The zero-order valence-corrected chi connectivity index (χ0v) is 17.2. The van der Waals surface area contributed by atoms with E-state index in [4.69, 9.17) is 4.42 Å². The Labute approximate surface area is 182 Å². The molecule has 1 N–H and O–H groups in total. The van der Waals surface area contributed by atoms with Crippen LogP contribution >= 0.6 is 0 Å². The van der Waals surface area contributed by atoms with Gasteiger partial charge in [-0.2, -0.15) is 0 Å². The highest BCUT2D eigenvalue weighted by atomic mass is 19.1. The topological polar surface area (TPSA) is 105 Å². The number of benzene rings is 1. The molecule has 0 bridgehead atoms. The molecule has 1 aliphatic heterocycles. The Morgan fingerprint density at radius 2 is 1.94 bits per heavy atom. The van der Waals surface area contributed by atoms with Crippen molar-refractivity contribution in [3.05, 3.63) is 59.9 Å². The van der Waals surface area contributed by atoms with Crippen molar-refractivity contribution >= 4 is 22.6 Å². The number of aromatic hydroxyl groups is 1. The zero-order chi connectivity index (χ0) is 22.1. The number of anilines is 1. The number of hydrogen-bond acceptors (Lipinski definition) is 7. The van der Waals surface area contributed by atoms with Crippen molar-refractivity contribution in [2.24, 2.45) is 0 Å². The second-order valence-corrected chi connectivity index (χ2v) is 7.69. The van der Waals surface area contributed by atoms with E-state index in [0.717, 1.165) is 24.8 Å². The molecule has 32 heavy (non-hydrogen) atoms. The van der Waals surface area contributed by atoms with E-state index in [1.165, 1.54) is 12.1 Å². The van der Waals surface area contributed by atoms with Gasteiger partial charge < -0.3 is 9.52 Å². The number of hydrogen-bond donors (Lipinski definition) is 1. The van der Waals surface area contributed by atoms with Crippen LogP contribution in [0.5, 0.6) is 5.75 Å². The monoisotopic (exact) mass is 433 g/mol. The molecule has 162 valence electrons. The first kappa shape index (κ1) is 20.0. The summed E-state index contributed by atoms with van der Waals surface area (Å²) in [6.45, 7) is 0.541. The first-order valence-electron chi connectivity index (χ1n) is 10.5. The molecular formula is C23H20FN5O3. The van der Waals surface area contributed by atoms with Crippen LogP contribution in [0.4, 0.5) is 10.2 Å².